The van der Waals surface area contributed by atoms with Crippen LogP contribution in [0.4, 0.5) is 10.1 Å². The fraction of sp³-hybridized carbons (Fsp3) is 0.533. The molecule has 0 bridgehead atoms. The van der Waals surface area contributed by atoms with Crippen molar-refractivity contribution in [3.05, 3.63) is 29.0 Å². The van der Waals surface area contributed by atoms with Crippen molar-refractivity contribution in [2.75, 3.05) is 31.5 Å². The summed E-state index contributed by atoms with van der Waals surface area (Å²) in [6.07, 6.45) is 3.27. The Bertz CT molecular complexity index is 500. The zero-order valence-corrected chi connectivity index (χ0v) is 13.9. The number of anilines is 1. The monoisotopic (exact) mass is 349 g/mol. The van der Waals surface area contributed by atoms with Gasteiger partial charge in [-0.05, 0) is 56.5 Å². The van der Waals surface area contributed by atoms with Crippen LogP contribution in [0.2, 0.25) is 5.02 Å². The Kier molecular flexibility index (Phi) is 8.10. The molecule has 2 rings (SSSR count). The Labute approximate surface area is 141 Å². The zero-order valence-electron chi connectivity index (χ0n) is 12.4. The van der Waals surface area contributed by atoms with E-state index >= 15 is 0 Å². The summed E-state index contributed by atoms with van der Waals surface area (Å²) in [5, 5.41) is 2.94. The number of likely N-dealkylation sites (tertiary alicyclic amines) is 1. The molecule has 0 saturated carbocycles. The molecule has 1 atom stereocenters. The van der Waals surface area contributed by atoms with Crippen LogP contribution in [0.1, 0.15) is 19.3 Å². The number of rotatable bonds is 5. The van der Waals surface area contributed by atoms with E-state index in [-0.39, 0.29) is 23.3 Å². The molecule has 1 unspecified atom stereocenters. The van der Waals surface area contributed by atoms with Crippen LogP contribution >= 0.6 is 24.0 Å². The summed E-state index contributed by atoms with van der Waals surface area (Å²) < 4.78 is 13.0. The molecular weight excluding hydrogens is 328 g/mol. The second-order valence-electron chi connectivity index (χ2n) is 5.49. The number of halogens is 3. The molecule has 7 heteroatoms. The molecular formula is C15H22Cl2FN3O. The molecule has 124 valence electrons. The predicted octanol–water partition coefficient (Wildman–Crippen LogP) is 2.90. The first-order valence-electron chi connectivity index (χ1n) is 7.26. The Morgan fingerprint density at radius 1 is 1.50 bits per heavy atom. The Hall–Kier alpha value is -0.880. The van der Waals surface area contributed by atoms with Gasteiger partial charge in [0.25, 0.3) is 0 Å². The van der Waals surface area contributed by atoms with Crippen molar-refractivity contribution in [2.45, 2.75) is 19.3 Å². The Morgan fingerprint density at radius 2 is 2.27 bits per heavy atom. The van der Waals surface area contributed by atoms with E-state index in [0.717, 1.165) is 25.9 Å². The Balaban J connectivity index is 0.00000242. The molecule has 0 spiro atoms. The van der Waals surface area contributed by atoms with E-state index < -0.39 is 5.82 Å². The molecule has 1 aliphatic rings. The molecule has 0 radical (unpaired) electrons. The molecule has 22 heavy (non-hydrogen) atoms. The summed E-state index contributed by atoms with van der Waals surface area (Å²) in [4.78, 5) is 14.2. The predicted molar refractivity (Wildman–Crippen MR) is 90.1 cm³/mol. The maximum Gasteiger partial charge on any atom is 0.238 e. The van der Waals surface area contributed by atoms with Crippen LogP contribution in [0, 0.1) is 11.7 Å². The first kappa shape index (κ1) is 19.2. The minimum Gasteiger partial charge on any atom is -0.330 e. The van der Waals surface area contributed by atoms with Crippen molar-refractivity contribution < 1.29 is 9.18 Å². The van der Waals surface area contributed by atoms with E-state index in [1.54, 1.807) is 0 Å². The number of carbonyl (C=O) groups excluding carboxylic acids is 1. The second-order valence-corrected chi connectivity index (χ2v) is 5.90. The van der Waals surface area contributed by atoms with Crippen molar-refractivity contribution >= 4 is 35.6 Å². The topological polar surface area (TPSA) is 58.4 Å². The maximum absolute atomic E-state index is 13.0. The molecule has 0 aromatic heterocycles. The van der Waals surface area contributed by atoms with Crippen LogP contribution in [-0.2, 0) is 4.79 Å². The van der Waals surface area contributed by atoms with E-state index in [4.69, 9.17) is 17.3 Å². The minimum absolute atomic E-state index is 0. The van der Waals surface area contributed by atoms with Crippen LogP contribution in [0.25, 0.3) is 0 Å². The third-order valence-corrected chi connectivity index (χ3v) is 4.06. The third-order valence-electron chi connectivity index (χ3n) is 3.75. The molecule has 1 heterocycles. The number of hydrogen-bond donors (Lipinski definition) is 2. The van der Waals surface area contributed by atoms with Gasteiger partial charge in [0, 0.05) is 6.54 Å². The van der Waals surface area contributed by atoms with Gasteiger partial charge >= 0.3 is 0 Å². The lowest BCUT2D eigenvalue weighted by atomic mass is 9.95. The molecule has 1 aliphatic heterocycles. The summed E-state index contributed by atoms with van der Waals surface area (Å²) in [7, 11) is 0. The van der Waals surface area contributed by atoms with Gasteiger partial charge in [-0.25, -0.2) is 4.39 Å². The molecule has 1 aromatic rings. The number of nitrogens with zero attached hydrogens (tertiary/aromatic N) is 1. The lowest BCUT2D eigenvalue weighted by Crippen LogP contribution is -2.41. The molecule has 1 aromatic carbocycles. The number of nitrogens with one attached hydrogen (secondary N) is 1. The van der Waals surface area contributed by atoms with Crippen molar-refractivity contribution in [3.63, 3.8) is 0 Å². The first-order chi connectivity index (χ1) is 10.1. The van der Waals surface area contributed by atoms with E-state index in [9.17, 15) is 9.18 Å². The zero-order chi connectivity index (χ0) is 15.2. The van der Waals surface area contributed by atoms with Crippen LogP contribution in [-0.4, -0.2) is 37.0 Å². The fourth-order valence-corrected chi connectivity index (χ4v) is 2.96. The molecule has 0 aliphatic carbocycles. The normalized spacial score (nSPS) is 18.6. The summed E-state index contributed by atoms with van der Waals surface area (Å²) in [5.41, 5.74) is 6.04. The minimum atomic E-state index is -0.418. The highest BCUT2D eigenvalue weighted by atomic mass is 35.5. The van der Waals surface area contributed by atoms with Gasteiger partial charge in [-0.3, -0.25) is 9.69 Å². The number of nitrogens with two attached hydrogens (primary N) is 1. The fourth-order valence-electron chi connectivity index (χ4n) is 2.75. The van der Waals surface area contributed by atoms with Crippen molar-refractivity contribution in [1.29, 1.82) is 0 Å². The molecule has 1 amide bonds. The second kappa shape index (κ2) is 9.30. The molecule has 3 N–H and O–H groups in total. The number of hydrogen-bond acceptors (Lipinski definition) is 3. The highest BCUT2D eigenvalue weighted by molar-refractivity contribution is 6.33. The van der Waals surface area contributed by atoms with E-state index in [2.05, 4.69) is 10.2 Å². The highest BCUT2D eigenvalue weighted by Crippen LogP contribution is 2.23. The largest absolute Gasteiger partial charge is 0.330 e. The van der Waals surface area contributed by atoms with Gasteiger partial charge in [-0.1, -0.05) is 11.6 Å². The average molecular weight is 350 g/mol. The summed E-state index contributed by atoms with van der Waals surface area (Å²) >= 11 is 5.90. The van der Waals surface area contributed by atoms with E-state index in [1.807, 2.05) is 0 Å². The molecule has 1 saturated heterocycles. The van der Waals surface area contributed by atoms with Crippen LogP contribution in [0.15, 0.2) is 18.2 Å². The average Bonchev–Trinajstić information content (AvgIpc) is 2.43. The number of piperidine rings is 1. The summed E-state index contributed by atoms with van der Waals surface area (Å²) in [6, 6.07) is 3.94. The third kappa shape index (κ3) is 5.72. The molecule has 1 fully saturated rings. The van der Waals surface area contributed by atoms with Gasteiger partial charge in [-0.15, -0.1) is 12.4 Å². The van der Waals surface area contributed by atoms with Gasteiger partial charge in [-0.2, -0.15) is 0 Å². The van der Waals surface area contributed by atoms with E-state index in [1.165, 1.54) is 24.6 Å². The van der Waals surface area contributed by atoms with Gasteiger partial charge in [0.15, 0.2) is 0 Å². The number of benzene rings is 1. The summed E-state index contributed by atoms with van der Waals surface area (Å²) in [6.45, 7) is 2.85. The highest BCUT2D eigenvalue weighted by Gasteiger charge is 2.21. The van der Waals surface area contributed by atoms with Crippen LogP contribution in [0.5, 0.6) is 0 Å². The van der Waals surface area contributed by atoms with Gasteiger partial charge < -0.3 is 11.1 Å². The van der Waals surface area contributed by atoms with Crippen molar-refractivity contribution in [3.8, 4) is 0 Å². The molecule has 4 nitrogen and oxygen atoms in total. The van der Waals surface area contributed by atoms with Crippen molar-refractivity contribution in [1.82, 2.24) is 4.90 Å². The van der Waals surface area contributed by atoms with Crippen LogP contribution in [0.3, 0.4) is 0 Å². The van der Waals surface area contributed by atoms with Gasteiger partial charge in [0.05, 0.1) is 17.3 Å². The van der Waals surface area contributed by atoms with Gasteiger partial charge in [0.2, 0.25) is 5.91 Å². The number of carbonyl (C=O) groups is 1. The smallest absolute Gasteiger partial charge is 0.238 e. The standard InChI is InChI=1S/C15H21ClFN3O.ClH/c16-13-8-12(17)3-4-14(13)19-15(21)10-20-7-1-2-11(9-20)5-6-18;/h3-4,8,11H,1-2,5-7,9-10,18H2,(H,19,21);1H. The summed E-state index contributed by atoms with van der Waals surface area (Å²) in [5.74, 6) is 0.0292. The van der Waals surface area contributed by atoms with Gasteiger partial charge in [0.1, 0.15) is 5.82 Å². The number of amides is 1. The van der Waals surface area contributed by atoms with E-state index in [0.29, 0.717) is 24.7 Å². The SMILES string of the molecule is Cl.NCCC1CCCN(CC(=O)Nc2ccc(F)cc2Cl)C1. The van der Waals surface area contributed by atoms with Crippen LogP contribution < -0.4 is 11.1 Å². The first-order valence-corrected chi connectivity index (χ1v) is 7.63. The lowest BCUT2D eigenvalue weighted by molar-refractivity contribution is -0.117. The quantitative estimate of drug-likeness (QED) is 0.859. The van der Waals surface area contributed by atoms with Crippen molar-refractivity contribution in [2.24, 2.45) is 11.7 Å². The maximum atomic E-state index is 13.0. The Morgan fingerprint density at radius 3 is 2.95 bits per heavy atom. The lowest BCUT2D eigenvalue weighted by Gasteiger charge is -2.32.